The highest BCUT2D eigenvalue weighted by Crippen LogP contribution is 2.11. The van der Waals surface area contributed by atoms with Crippen LogP contribution in [0.4, 0.5) is 0 Å². The quantitative estimate of drug-likeness (QED) is 0.584. The zero-order valence-corrected chi connectivity index (χ0v) is 8.84. The van der Waals surface area contributed by atoms with Crippen LogP contribution in [0.15, 0.2) is 0 Å². The molecule has 1 atom stereocenters. The van der Waals surface area contributed by atoms with Gasteiger partial charge in [-0.25, -0.2) is 0 Å². The zero-order chi connectivity index (χ0) is 9.40. The van der Waals surface area contributed by atoms with Crippen molar-refractivity contribution in [3.05, 3.63) is 0 Å². The molecule has 0 aliphatic rings. The van der Waals surface area contributed by atoms with Gasteiger partial charge < -0.3 is 5.11 Å². The van der Waals surface area contributed by atoms with Crippen molar-refractivity contribution in [1.82, 2.24) is 0 Å². The van der Waals surface area contributed by atoms with Crippen molar-refractivity contribution in [3.8, 4) is 0 Å². The molecule has 0 aromatic rings. The van der Waals surface area contributed by atoms with Crippen LogP contribution in [-0.4, -0.2) is 11.2 Å². The smallest absolute Gasteiger partial charge is 0.0537 e. The molecule has 0 bridgehead atoms. The number of aliphatic hydroxyl groups excluding tert-OH is 1. The predicted molar refractivity (Wildman–Crippen MR) is 54.2 cm³/mol. The Morgan fingerprint density at radius 1 is 1.00 bits per heavy atom. The minimum Gasteiger partial charge on any atom is -0.393 e. The first-order valence-corrected chi connectivity index (χ1v) is 5.34. The van der Waals surface area contributed by atoms with Crippen molar-refractivity contribution in [2.75, 3.05) is 0 Å². The highest BCUT2D eigenvalue weighted by molar-refractivity contribution is 4.53. The monoisotopic (exact) mass is 172 g/mol. The Labute approximate surface area is 77.2 Å². The zero-order valence-electron chi connectivity index (χ0n) is 8.84. The van der Waals surface area contributed by atoms with Gasteiger partial charge >= 0.3 is 0 Å². The summed E-state index contributed by atoms with van der Waals surface area (Å²) in [5.41, 5.74) is 0. The van der Waals surface area contributed by atoms with Crippen molar-refractivity contribution < 1.29 is 5.11 Å². The largest absolute Gasteiger partial charge is 0.393 e. The van der Waals surface area contributed by atoms with Gasteiger partial charge in [-0.15, -0.1) is 0 Å². The number of hydrogen-bond donors (Lipinski definition) is 1. The molecule has 0 heterocycles. The molecule has 0 amide bonds. The number of hydrogen-bond acceptors (Lipinski definition) is 1. The second-order valence-corrected chi connectivity index (χ2v) is 4.09. The Morgan fingerprint density at radius 3 is 2.08 bits per heavy atom. The van der Waals surface area contributed by atoms with Gasteiger partial charge in [0.15, 0.2) is 0 Å². The standard InChI is InChI=1S/C11H24O/c1-4-11(12)9-7-5-6-8-10(2)3/h10-12H,4-9H2,1-3H3. The van der Waals surface area contributed by atoms with Gasteiger partial charge in [0.25, 0.3) is 0 Å². The summed E-state index contributed by atoms with van der Waals surface area (Å²) < 4.78 is 0. The van der Waals surface area contributed by atoms with Gasteiger partial charge in [-0.3, -0.25) is 0 Å². The van der Waals surface area contributed by atoms with Crippen LogP contribution in [0.5, 0.6) is 0 Å². The number of aliphatic hydroxyl groups is 1. The molecule has 1 N–H and O–H groups in total. The van der Waals surface area contributed by atoms with Crippen molar-refractivity contribution in [2.45, 2.75) is 65.4 Å². The SMILES string of the molecule is CCC(O)CCCCCC(C)C. The highest BCUT2D eigenvalue weighted by atomic mass is 16.3. The Kier molecular flexibility index (Phi) is 7.58. The lowest BCUT2D eigenvalue weighted by atomic mass is 10.0. The first kappa shape index (κ1) is 12.0. The molecule has 0 saturated heterocycles. The van der Waals surface area contributed by atoms with Crippen LogP contribution in [0.3, 0.4) is 0 Å². The van der Waals surface area contributed by atoms with E-state index < -0.39 is 0 Å². The van der Waals surface area contributed by atoms with E-state index in [9.17, 15) is 5.11 Å². The van der Waals surface area contributed by atoms with Gasteiger partial charge in [0.2, 0.25) is 0 Å². The predicted octanol–water partition coefficient (Wildman–Crippen LogP) is 3.36. The van der Waals surface area contributed by atoms with E-state index in [1.165, 1.54) is 25.7 Å². The molecule has 0 rings (SSSR count). The molecule has 0 saturated carbocycles. The fourth-order valence-electron chi connectivity index (χ4n) is 1.31. The summed E-state index contributed by atoms with van der Waals surface area (Å²) in [7, 11) is 0. The topological polar surface area (TPSA) is 20.2 Å². The molecule has 12 heavy (non-hydrogen) atoms. The molecular weight excluding hydrogens is 148 g/mol. The Hall–Kier alpha value is -0.0400. The fraction of sp³-hybridized carbons (Fsp3) is 1.00. The summed E-state index contributed by atoms with van der Waals surface area (Å²) in [6.07, 6.45) is 7.00. The molecule has 0 aliphatic heterocycles. The lowest BCUT2D eigenvalue weighted by molar-refractivity contribution is 0.156. The molecular formula is C11H24O. The number of rotatable bonds is 7. The highest BCUT2D eigenvalue weighted by Gasteiger charge is 2.00. The van der Waals surface area contributed by atoms with Crippen LogP contribution < -0.4 is 0 Å². The van der Waals surface area contributed by atoms with Crippen LogP contribution in [0.1, 0.15) is 59.3 Å². The molecule has 74 valence electrons. The Bertz CT molecular complexity index is 89.0. The van der Waals surface area contributed by atoms with E-state index in [4.69, 9.17) is 0 Å². The van der Waals surface area contributed by atoms with Crippen LogP contribution in [-0.2, 0) is 0 Å². The molecule has 0 spiro atoms. The summed E-state index contributed by atoms with van der Waals surface area (Å²) in [6, 6.07) is 0. The van der Waals surface area contributed by atoms with Gasteiger partial charge in [-0.05, 0) is 18.8 Å². The van der Waals surface area contributed by atoms with E-state index in [1.54, 1.807) is 0 Å². The van der Waals surface area contributed by atoms with Gasteiger partial charge in [0.05, 0.1) is 6.10 Å². The third-order valence-electron chi connectivity index (χ3n) is 2.29. The normalized spacial score (nSPS) is 13.8. The van der Waals surface area contributed by atoms with E-state index in [2.05, 4.69) is 13.8 Å². The van der Waals surface area contributed by atoms with E-state index in [0.717, 1.165) is 18.8 Å². The lowest BCUT2D eigenvalue weighted by Gasteiger charge is -2.07. The average molecular weight is 172 g/mol. The minimum atomic E-state index is -0.0518. The molecule has 1 unspecified atom stereocenters. The van der Waals surface area contributed by atoms with Crippen molar-refractivity contribution >= 4 is 0 Å². The van der Waals surface area contributed by atoms with Crippen molar-refractivity contribution in [3.63, 3.8) is 0 Å². The molecule has 0 aromatic heterocycles. The van der Waals surface area contributed by atoms with E-state index in [-0.39, 0.29) is 6.10 Å². The maximum Gasteiger partial charge on any atom is 0.0537 e. The molecule has 0 aliphatic carbocycles. The van der Waals surface area contributed by atoms with Crippen LogP contribution in [0.25, 0.3) is 0 Å². The first-order chi connectivity index (χ1) is 5.66. The van der Waals surface area contributed by atoms with Crippen LogP contribution >= 0.6 is 0 Å². The summed E-state index contributed by atoms with van der Waals surface area (Å²) in [5, 5.41) is 9.27. The summed E-state index contributed by atoms with van der Waals surface area (Å²) >= 11 is 0. The van der Waals surface area contributed by atoms with E-state index in [1.807, 2.05) is 6.92 Å². The van der Waals surface area contributed by atoms with Crippen molar-refractivity contribution in [2.24, 2.45) is 5.92 Å². The summed E-state index contributed by atoms with van der Waals surface area (Å²) in [5.74, 6) is 0.834. The maximum atomic E-state index is 9.27. The van der Waals surface area contributed by atoms with E-state index in [0.29, 0.717) is 0 Å². The van der Waals surface area contributed by atoms with Crippen LogP contribution in [0.2, 0.25) is 0 Å². The second kappa shape index (κ2) is 7.60. The maximum absolute atomic E-state index is 9.27. The van der Waals surface area contributed by atoms with Gasteiger partial charge in [0.1, 0.15) is 0 Å². The summed E-state index contributed by atoms with van der Waals surface area (Å²) in [6.45, 7) is 6.57. The van der Waals surface area contributed by atoms with Gasteiger partial charge in [-0.2, -0.15) is 0 Å². The van der Waals surface area contributed by atoms with Gasteiger partial charge in [-0.1, -0.05) is 46.5 Å². The lowest BCUT2D eigenvalue weighted by Crippen LogP contribution is -2.03. The third kappa shape index (κ3) is 8.06. The van der Waals surface area contributed by atoms with Crippen LogP contribution in [0, 0.1) is 5.92 Å². The van der Waals surface area contributed by atoms with E-state index >= 15 is 0 Å². The molecule has 0 fully saturated rings. The molecule has 1 heteroatoms. The average Bonchev–Trinajstić information content (AvgIpc) is 2.03. The molecule has 0 radical (unpaired) electrons. The van der Waals surface area contributed by atoms with Crippen molar-refractivity contribution in [1.29, 1.82) is 0 Å². The van der Waals surface area contributed by atoms with Gasteiger partial charge in [0, 0.05) is 0 Å². The molecule has 1 nitrogen and oxygen atoms in total. The third-order valence-corrected chi connectivity index (χ3v) is 2.29. The minimum absolute atomic E-state index is 0.0518. The number of unbranched alkanes of at least 4 members (excludes halogenated alkanes) is 2. The second-order valence-electron chi connectivity index (χ2n) is 4.09. The molecule has 0 aromatic carbocycles. The first-order valence-electron chi connectivity index (χ1n) is 5.34. The summed E-state index contributed by atoms with van der Waals surface area (Å²) in [4.78, 5) is 0. The Balaban J connectivity index is 3.00. The fourth-order valence-corrected chi connectivity index (χ4v) is 1.31. The Morgan fingerprint density at radius 2 is 1.58 bits per heavy atom.